The molecular weight excluding hydrogens is 633 g/mol. The molecule has 1 fully saturated rings. The molecule has 7 rings (SSSR count). The third-order valence-corrected chi connectivity index (χ3v) is 8.65. The molecule has 1 aromatic heterocycles. The van der Waals surface area contributed by atoms with E-state index in [4.69, 9.17) is 18.7 Å². The number of piperidine rings is 1. The number of ether oxygens (including phenoxy) is 3. The van der Waals surface area contributed by atoms with Gasteiger partial charge in [-0.1, -0.05) is 35.5 Å². The summed E-state index contributed by atoms with van der Waals surface area (Å²) in [5.74, 6) is 0.926. The molecule has 4 heterocycles. The Hall–Kier alpha value is -5.30. The van der Waals surface area contributed by atoms with Crippen molar-refractivity contribution >= 4 is 17.7 Å². The maximum atomic E-state index is 14.2. The molecule has 3 aromatic carbocycles. The molecule has 2 atom stereocenters. The van der Waals surface area contributed by atoms with Gasteiger partial charge in [-0.05, 0) is 60.4 Å². The predicted molar refractivity (Wildman–Crippen MR) is 175 cm³/mol. The molecule has 3 aliphatic rings. The number of amides is 3. The minimum Gasteiger partial charge on any atom is -0.493 e. The number of nitrogens with zero attached hydrogens (tertiary/aromatic N) is 4. The first-order chi connectivity index (χ1) is 23.7. The summed E-state index contributed by atoms with van der Waals surface area (Å²) in [5, 5.41) is 6.91. The lowest BCUT2D eigenvalue weighted by Crippen LogP contribution is -2.57. The van der Waals surface area contributed by atoms with E-state index < -0.39 is 11.9 Å². The molecule has 4 aromatic rings. The quantitative estimate of drug-likeness (QED) is 0.329. The van der Waals surface area contributed by atoms with Gasteiger partial charge in [0.25, 0.3) is 0 Å². The van der Waals surface area contributed by atoms with Crippen LogP contribution >= 0.6 is 0 Å². The number of methoxy groups -OCH3 is 1. The van der Waals surface area contributed by atoms with Crippen LogP contribution in [0.15, 0.2) is 71.3 Å². The van der Waals surface area contributed by atoms with Crippen LogP contribution in [0.4, 0.5) is 4.39 Å². The fourth-order valence-corrected chi connectivity index (χ4v) is 5.94. The first-order valence-corrected chi connectivity index (χ1v) is 16.2. The van der Waals surface area contributed by atoms with E-state index in [0.29, 0.717) is 36.6 Å². The van der Waals surface area contributed by atoms with Crippen molar-refractivity contribution in [1.82, 2.24) is 25.3 Å². The zero-order chi connectivity index (χ0) is 34.3. The van der Waals surface area contributed by atoms with Crippen molar-refractivity contribution in [2.24, 2.45) is 0 Å². The zero-order valence-electron chi connectivity index (χ0n) is 27.4. The highest BCUT2D eigenvalue weighted by molar-refractivity contribution is 5.85. The summed E-state index contributed by atoms with van der Waals surface area (Å²) in [4.78, 5) is 46.8. The Morgan fingerprint density at radius 1 is 1.06 bits per heavy atom. The number of rotatable bonds is 5. The molecule has 49 heavy (non-hydrogen) atoms. The third-order valence-electron chi connectivity index (χ3n) is 8.65. The average molecular weight is 672 g/mol. The van der Waals surface area contributed by atoms with E-state index in [-0.39, 0.29) is 80.0 Å². The molecule has 13 heteroatoms. The number of nitrogens with one attached hydrogen (secondary N) is 1. The van der Waals surface area contributed by atoms with Crippen LogP contribution in [0.1, 0.15) is 36.3 Å². The molecule has 0 spiro atoms. The molecular formula is C36H38FN5O7. The van der Waals surface area contributed by atoms with Crippen LogP contribution in [-0.2, 0) is 38.6 Å². The van der Waals surface area contributed by atoms with Gasteiger partial charge in [-0.15, -0.1) is 0 Å². The first kappa shape index (κ1) is 33.6. The van der Waals surface area contributed by atoms with Crippen LogP contribution in [0.3, 0.4) is 0 Å². The normalized spacial score (nSPS) is 18.8. The first-order valence-electron chi connectivity index (χ1n) is 16.2. The minimum atomic E-state index is -0.530. The van der Waals surface area contributed by atoms with Gasteiger partial charge < -0.3 is 33.9 Å². The van der Waals surface area contributed by atoms with E-state index in [9.17, 15) is 18.8 Å². The summed E-state index contributed by atoms with van der Waals surface area (Å²) < 4.78 is 37.6. The zero-order valence-corrected chi connectivity index (χ0v) is 27.4. The number of aryl methyl sites for hydroxylation is 2. The van der Waals surface area contributed by atoms with Crippen LogP contribution < -0.4 is 14.8 Å². The maximum absolute atomic E-state index is 14.2. The van der Waals surface area contributed by atoms with E-state index in [1.54, 1.807) is 37.3 Å². The summed E-state index contributed by atoms with van der Waals surface area (Å²) in [7, 11) is 3.17. The van der Waals surface area contributed by atoms with Crippen LogP contribution in [0, 0.1) is 5.82 Å². The molecule has 3 amide bonds. The summed E-state index contributed by atoms with van der Waals surface area (Å²) in [6.07, 6.45) is 0.892. The van der Waals surface area contributed by atoms with Gasteiger partial charge in [0.05, 0.1) is 38.0 Å². The van der Waals surface area contributed by atoms with Gasteiger partial charge in [0, 0.05) is 39.4 Å². The Labute approximate surface area is 283 Å². The second-order valence-corrected chi connectivity index (χ2v) is 12.1. The number of hydrogen-bond donors (Lipinski definition) is 1. The van der Waals surface area contributed by atoms with E-state index in [1.807, 2.05) is 42.5 Å². The number of aromatic nitrogens is 2. The lowest BCUT2D eigenvalue weighted by molar-refractivity contribution is -0.139. The fraction of sp³-hybridized carbons (Fsp3) is 0.361. The summed E-state index contributed by atoms with van der Waals surface area (Å²) >= 11 is 0. The van der Waals surface area contributed by atoms with E-state index in [0.717, 1.165) is 11.1 Å². The summed E-state index contributed by atoms with van der Waals surface area (Å²) in [6, 6.07) is 18.8. The summed E-state index contributed by atoms with van der Waals surface area (Å²) in [5.41, 5.74) is 1.97. The van der Waals surface area contributed by atoms with Crippen molar-refractivity contribution in [1.29, 1.82) is 0 Å². The molecule has 0 saturated carbocycles. The Bertz CT molecular complexity index is 1810. The number of carbonyl (C=O) groups excluding carboxylic acids is 3. The third kappa shape index (κ3) is 8.41. The van der Waals surface area contributed by atoms with E-state index in [1.165, 1.54) is 11.0 Å². The van der Waals surface area contributed by atoms with Crippen LogP contribution in [-0.4, -0.2) is 83.6 Å². The Morgan fingerprint density at radius 3 is 2.76 bits per heavy atom. The van der Waals surface area contributed by atoms with Crippen molar-refractivity contribution in [3.63, 3.8) is 0 Å². The van der Waals surface area contributed by atoms with Gasteiger partial charge in [-0.2, -0.15) is 4.98 Å². The van der Waals surface area contributed by atoms with Gasteiger partial charge in [-0.3, -0.25) is 14.4 Å². The highest BCUT2D eigenvalue weighted by atomic mass is 19.1. The summed E-state index contributed by atoms with van der Waals surface area (Å²) in [6.45, 7) is 0.723. The Morgan fingerprint density at radius 2 is 1.92 bits per heavy atom. The molecule has 0 unspecified atom stereocenters. The number of carbonyl (C=O) groups is 3. The topological polar surface area (TPSA) is 136 Å². The van der Waals surface area contributed by atoms with Gasteiger partial charge in [0.2, 0.25) is 29.4 Å². The van der Waals surface area contributed by atoms with Crippen molar-refractivity contribution in [3.05, 3.63) is 89.6 Å². The largest absolute Gasteiger partial charge is 0.493 e. The van der Waals surface area contributed by atoms with E-state index in [2.05, 4.69) is 15.5 Å². The Kier molecular flexibility index (Phi) is 10.5. The second kappa shape index (κ2) is 15.3. The Balaban J connectivity index is 1.16. The molecule has 256 valence electrons. The maximum Gasteiger partial charge on any atom is 0.239 e. The predicted octanol–water partition coefficient (Wildman–Crippen LogP) is 4.32. The monoisotopic (exact) mass is 671 g/mol. The van der Waals surface area contributed by atoms with Gasteiger partial charge in [-0.25, -0.2) is 4.39 Å². The van der Waals surface area contributed by atoms with Gasteiger partial charge in [0.1, 0.15) is 11.6 Å². The molecule has 0 radical (unpaired) electrons. The number of hydrogen-bond acceptors (Lipinski definition) is 9. The van der Waals surface area contributed by atoms with Crippen LogP contribution in [0.25, 0.3) is 11.4 Å². The lowest BCUT2D eigenvalue weighted by Gasteiger charge is -2.39. The number of likely N-dealkylation sites (tertiary alicyclic amines) is 1. The minimum absolute atomic E-state index is 0.0965. The number of halogens is 1. The molecule has 12 nitrogen and oxygen atoms in total. The average Bonchev–Trinajstić information content (AvgIpc) is 3.58. The standard InChI is InChI=1S/C36H38FN5O7/c1-41-21-32(43)38-28-16-17-42(35(45)15-13-33-39-36(40-49-33)26-8-3-4-9-27(26)37)20-31(28)47-22-24-6-5-7-25(18-24)48-29-12-10-23(11-14-34(41)44)19-30(29)46-2/h3-10,12,18-19,28,31H,11,13-17,20-22H2,1-2H3,(H,38,43)/t28-,31-/m0/s1. The lowest BCUT2D eigenvalue weighted by atomic mass is 10.0. The highest BCUT2D eigenvalue weighted by Crippen LogP contribution is 2.33. The van der Waals surface area contributed by atoms with Crippen LogP contribution in [0.2, 0.25) is 0 Å². The molecule has 4 bridgehead atoms. The highest BCUT2D eigenvalue weighted by Gasteiger charge is 2.34. The second-order valence-electron chi connectivity index (χ2n) is 12.1. The SMILES string of the molecule is COc1cc2ccc1Oc1cccc(c1)CO[C@H]1CN(C(=O)CCc3nc(-c4ccccc4F)no3)CC[C@@H]1NC(=O)CN(C)C(=O)CC2. The number of fused-ring (bicyclic) bond motifs is 9. The van der Waals surface area contributed by atoms with Gasteiger partial charge >= 0.3 is 0 Å². The number of benzene rings is 3. The number of likely N-dealkylation sites (N-methyl/N-ethyl adjacent to an activating group) is 1. The van der Waals surface area contributed by atoms with Crippen molar-refractivity contribution in [2.45, 2.75) is 50.9 Å². The van der Waals surface area contributed by atoms with Crippen molar-refractivity contribution in [3.8, 4) is 28.6 Å². The molecule has 1 N–H and O–H groups in total. The van der Waals surface area contributed by atoms with E-state index >= 15 is 0 Å². The van der Waals surface area contributed by atoms with Crippen LogP contribution in [0.5, 0.6) is 17.2 Å². The fourth-order valence-electron chi connectivity index (χ4n) is 5.94. The smallest absolute Gasteiger partial charge is 0.239 e. The molecule has 3 aliphatic heterocycles. The molecule has 0 aliphatic carbocycles. The van der Waals surface area contributed by atoms with Gasteiger partial charge in [0.15, 0.2) is 11.5 Å². The van der Waals surface area contributed by atoms with Crippen molar-refractivity contribution in [2.75, 3.05) is 33.8 Å². The molecule has 1 saturated heterocycles. The van der Waals surface area contributed by atoms with Crippen molar-refractivity contribution < 1.29 is 37.5 Å².